The maximum atomic E-state index is 4.17. The lowest BCUT2D eigenvalue weighted by Gasteiger charge is -2.23. The van der Waals surface area contributed by atoms with E-state index >= 15 is 0 Å². The maximum Gasteiger partial charge on any atom is 0.0462 e. The van der Waals surface area contributed by atoms with E-state index < -0.39 is 0 Å². The number of nitrogens with one attached hydrogen (secondary N) is 2. The Morgan fingerprint density at radius 3 is 2.77 bits per heavy atom. The van der Waals surface area contributed by atoms with Crippen molar-refractivity contribution in [2.24, 2.45) is 0 Å². The van der Waals surface area contributed by atoms with E-state index in [2.05, 4.69) is 52.5 Å². The number of pyridine rings is 1. The van der Waals surface area contributed by atoms with Crippen molar-refractivity contribution in [3.8, 4) is 11.1 Å². The molecule has 3 heterocycles. The topological polar surface area (TPSA) is 40.7 Å². The Kier molecular flexibility index (Phi) is 3.43. The van der Waals surface area contributed by atoms with Crippen LogP contribution in [0.2, 0.25) is 0 Å². The standard InChI is InChI=1S/C19H21N3/c1-13-4-5-17-16(11-13)18(14-6-9-20-10-7-14)19(22-17)15-3-2-8-21-12-15/h4-7,9-11,15,21-22H,2-3,8,12H2,1H3/t15-/m0/s1. The Morgan fingerprint density at radius 1 is 1.14 bits per heavy atom. The van der Waals surface area contributed by atoms with Crippen molar-refractivity contribution in [1.29, 1.82) is 0 Å². The van der Waals surface area contributed by atoms with Crippen molar-refractivity contribution >= 4 is 10.9 Å². The third-order valence-electron chi connectivity index (χ3n) is 4.66. The van der Waals surface area contributed by atoms with Crippen molar-refractivity contribution in [3.63, 3.8) is 0 Å². The summed E-state index contributed by atoms with van der Waals surface area (Å²) in [6.45, 7) is 4.36. The first-order chi connectivity index (χ1) is 10.8. The molecule has 0 aliphatic carbocycles. The number of hydrogen-bond donors (Lipinski definition) is 2. The maximum absolute atomic E-state index is 4.17. The molecule has 0 radical (unpaired) electrons. The second kappa shape index (κ2) is 5.58. The number of aromatic amines is 1. The number of rotatable bonds is 2. The second-order valence-electron chi connectivity index (χ2n) is 6.24. The van der Waals surface area contributed by atoms with Gasteiger partial charge >= 0.3 is 0 Å². The van der Waals surface area contributed by atoms with E-state index in [-0.39, 0.29) is 0 Å². The van der Waals surface area contributed by atoms with E-state index in [1.807, 2.05) is 12.4 Å². The molecule has 4 rings (SSSR count). The quantitative estimate of drug-likeness (QED) is 0.749. The average Bonchev–Trinajstić information content (AvgIpc) is 2.95. The first kappa shape index (κ1) is 13.5. The van der Waals surface area contributed by atoms with Gasteiger partial charge in [0.2, 0.25) is 0 Å². The molecule has 22 heavy (non-hydrogen) atoms. The van der Waals surface area contributed by atoms with Crippen LogP contribution in [0.25, 0.3) is 22.0 Å². The van der Waals surface area contributed by atoms with Crippen molar-refractivity contribution in [1.82, 2.24) is 15.3 Å². The molecule has 0 spiro atoms. The number of piperidine rings is 1. The molecule has 2 N–H and O–H groups in total. The Labute approximate surface area is 130 Å². The fourth-order valence-electron chi connectivity index (χ4n) is 3.56. The van der Waals surface area contributed by atoms with Gasteiger partial charge in [-0.1, -0.05) is 11.6 Å². The summed E-state index contributed by atoms with van der Waals surface area (Å²) in [6.07, 6.45) is 6.26. The number of aromatic nitrogens is 2. The Hall–Kier alpha value is -2.13. The van der Waals surface area contributed by atoms with Crippen LogP contribution in [0.1, 0.15) is 30.0 Å². The number of nitrogens with zero attached hydrogens (tertiary/aromatic N) is 1. The molecule has 3 heteroatoms. The van der Waals surface area contributed by atoms with E-state index in [1.165, 1.54) is 46.1 Å². The van der Waals surface area contributed by atoms with Crippen LogP contribution in [0.3, 0.4) is 0 Å². The number of H-pyrrole nitrogens is 1. The van der Waals surface area contributed by atoms with E-state index in [4.69, 9.17) is 0 Å². The van der Waals surface area contributed by atoms with Gasteiger partial charge in [-0.3, -0.25) is 4.98 Å². The summed E-state index contributed by atoms with van der Waals surface area (Å²) in [5.74, 6) is 0.560. The van der Waals surface area contributed by atoms with Crippen LogP contribution >= 0.6 is 0 Å². The van der Waals surface area contributed by atoms with Crippen molar-refractivity contribution in [3.05, 3.63) is 54.0 Å². The normalized spacial score (nSPS) is 18.7. The highest BCUT2D eigenvalue weighted by molar-refractivity contribution is 5.98. The fraction of sp³-hybridized carbons (Fsp3) is 0.316. The third kappa shape index (κ3) is 2.32. The largest absolute Gasteiger partial charge is 0.358 e. The average molecular weight is 291 g/mol. The Balaban J connectivity index is 1.95. The Bertz CT molecular complexity index is 783. The molecule has 1 atom stereocenters. The highest BCUT2D eigenvalue weighted by atomic mass is 14.9. The molecular weight excluding hydrogens is 270 g/mol. The van der Waals surface area contributed by atoms with Crippen molar-refractivity contribution in [2.75, 3.05) is 13.1 Å². The summed E-state index contributed by atoms with van der Waals surface area (Å²) in [6, 6.07) is 10.9. The van der Waals surface area contributed by atoms with Crippen LogP contribution in [0.15, 0.2) is 42.7 Å². The minimum Gasteiger partial charge on any atom is -0.358 e. The number of benzene rings is 1. The van der Waals surface area contributed by atoms with Gasteiger partial charge in [-0.15, -0.1) is 0 Å². The summed E-state index contributed by atoms with van der Waals surface area (Å²) >= 11 is 0. The smallest absolute Gasteiger partial charge is 0.0462 e. The second-order valence-corrected chi connectivity index (χ2v) is 6.24. The number of fused-ring (bicyclic) bond motifs is 1. The van der Waals surface area contributed by atoms with Crippen LogP contribution < -0.4 is 5.32 Å². The number of hydrogen-bond acceptors (Lipinski definition) is 2. The van der Waals surface area contributed by atoms with Gasteiger partial charge in [0.15, 0.2) is 0 Å². The number of aryl methyl sites for hydroxylation is 1. The zero-order valence-electron chi connectivity index (χ0n) is 12.9. The zero-order chi connectivity index (χ0) is 14.9. The molecule has 3 aromatic rings. The lowest BCUT2D eigenvalue weighted by atomic mass is 9.90. The first-order valence-corrected chi connectivity index (χ1v) is 8.06. The summed E-state index contributed by atoms with van der Waals surface area (Å²) in [5, 5.41) is 4.86. The lowest BCUT2D eigenvalue weighted by molar-refractivity contribution is 0.457. The van der Waals surface area contributed by atoms with Gasteiger partial charge in [0, 0.05) is 47.0 Å². The molecule has 112 valence electrons. The molecule has 0 bridgehead atoms. The van der Waals surface area contributed by atoms with Crippen LogP contribution in [-0.2, 0) is 0 Å². The molecule has 1 aliphatic heterocycles. The molecule has 0 unspecified atom stereocenters. The molecule has 1 aromatic carbocycles. The van der Waals surface area contributed by atoms with Crippen LogP contribution in [0.5, 0.6) is 0 Å². The van der Waals surface area contributed by atoms with E-state index in [0.717, 1.165) is 13.1 Å². The summed E-state index contributed by atoms with van der Waals surface area (Å²) in [5.41, 5.74) is 6.52. The molecular formula is C19H21N3. The predicted octanol–water partition coefficient (Wildman–Crippen LogP) is 4.01. The van der Waals surface area contributed by atoms with E-state index in [1.54, 1.807) is 0 Å². The van der Waals surface area contributed by atoms with E-state index in [9.17, 15) is 0 Å². The minimum absolute atomic E-state index is 0.560. The third-order valence-corrected chi connectivity index (χ3v) is 4.66. The summed E-state index contributed by atoms with van der Waals surface area (Å²) in [4.78, 5) is 7.87. The van der Waals surface area contributed by atoms with Gasteiger partial charge in [0.25, 0.3) is 0 Å². The molecule has 1 saturated heterocycles. The predicted molar refractivity (Wildman–Crippen MR) is 91.1 cm³/mol. The van der Waals surface area contributed by atoms with Crippen molar-refractivity contribution < 1.29 is 0 Å². The van der Waals surface area contributed by atoms with Crippen LogP contribution in [-0.4, -0.2) is 23.1 Å². The lowest BCUT2D eigenvalue weighted by Crippen LogP contribution is -2.28. The van der Waals surface area contributed by atoms with Crippen molar-refractivity contribution in [2.45, 2.75) is 25.7 Å². The molecule has 0 amide bonds. The monoisotopic (exact) mass is 291 g/mol. The van der Waals surface area contributed by atoms with Crippen LogP contribution in [0, 0.1) is 6.92 Å². The Morgan fingerprint density at radius 2 is 2.00 bits per heavy atom. The van der Waals surface area contributed by atoms with Gasteiger partial charge < -0.3 is 10.3 Å². The fourth-order valence-corrected chi connectivity index (χ4v) is 3.56. The highest BCUT2D eigenvalue weighted by Gasteiger charge is 2.22. The highest BCUT2D eigenvalue weighted by Crippen LogP contribution is 2.38. The van der Waals surface area contributed by atoms with Gasteiger partial charge in [-0.05, 0) is 56.1 Å². The molecule has 0 saturated carbocycles. The molecule has 2 aromatic heterocycles. The van der Waals surface area contributed by atoms with Gasteiger partial charge in [-0.2, -0.15) is 0 Å². The zero-order valence-corrected chi connectivity index (χ0v) is 12.9. The summed E-state index contributed by atoms with van der Waals surface area (Å²) < 4.78 is 0. The summed E-state index contributed by atoms with van der Waals surface area (Å²) in [7, 11) is 0. The first-order valence-electron chi connectivity index (χ1n) is 8.06. The molecule has 1 aliphatic rings. The van der Waals surface area contributed by atoms with Gasteiger partial charge in [0.1, 0.15) is 0 Å². The van der Waals surface area contributed by atoms with Gasteiger partial charge in [-0.25, -0.2) is 0 Å². The van der Waals surface area contributed by atoms with Gasteiger partial charge in [0.05, 0.1) is 0 Å². The minimum atomic E-state index is 0.560. The molecule has 1 fully saturated rings. The molecule has 3 nitrogen and oxygen atoms in total. The SMILES string of the molecule is Cc1ccc2[nH]c([C@H]3CCCNC3)c(-c3ccncc3)c2c1. The van der Waals surface area contributed by atoms with E-state index in [0.29, 0.717) is 5.92 Å². The van der Waals surface area contributed by atoms with Crippen LogP contribution in [0.4, 0.5) is 0 Å².